The molecule has 1 unspecified atom stereocenters. The predicted octanol–water partition coefficient (Wildman–Crippen LogP) is 2.27. The highest BCUT2D eigenvalue weighted by Crippen LogP contribution is 2.28. The predicted molar refractivity (Wildman–Crippen MR) is 68.5 cm³/mol. The Kier molecular flexibility index (Phi) is 7.49. The summed E-state index contributed by atoms with van der Waals surface area (Å²) in [6.07, 6.45) is 6.67. The Bertz CT molecular complexity index is 143. The van der Waals surface area contributed by atoms with Crippen molar-refractivity contribution in [2.45, 2.75) is 45.1 Å². The lowest BCUT2D eigenvalue weighted by molar-refractivity contribution is 0.271. The molecule has 0 aliphatic heterocycles. The zero-order valence-electron chi connectivity index (χ0n) is 9.87. The van der Waals surface area contributed by atoms with Gasteiger partial charge in [0, 0.05) is 18.4 Å². The second kappa shape index (κ2) is 8.43. The maximum absolute atomic E-state index is 8.92. The average Bonchev–Trinajstić information content (AvgIpc) is 2.71. The Balaban J connectivity index is 2.04. The van der Waals surface area contributed by atoms with Crippen LogP contribution in [0.25, 0.3) is 0 Å². The lowest BCUT2D eigenvalue weighted by Crippen LogP contribution is -2.32. The summed E-state index contributed by atoms with van der Waals surface area (Å²) in [6, 6.07) is 0.506. The highest BCUT2D eigenvalue weighted by molar-refractivity contribution is 7.99. The van der Waals surface area contributed by atoms with Crippen molar-refractivity contribution in [1.29, 1.82) is 0 Å². The van der Waals surface area contributed by atoms with Crippen molar-refractivity contribution in [3.05, 3.63) is 0 Å². The molecule has 0 heterocycles. The molecule has 15 heavy (non-hydrogen) atoms. The van der Waals surface area contributed by atoms with Gasteiger partial charge in [-0.2, -0.15) is 11.8 Å². The van der Waals surface area contributed by atoms with E-state index in [1.807, 2.05) is 0 Å². The Morgan fingerprint density at radius 2 is 2.13 bits per heavy atom. The molecule has 0 aromatic heterocycles. The number of thioether (sulfide) groups is 1. The summed E-state index contributed by atoms with van der Waals surface area (Å²) >= 11 is 2.06. The van der Waals surface area contributed by atoms with Crippen LogP contribution >= 0.6 is 11.8 Å². The van der Waals surface area contributed by atoms with Gasteiger partial charge in [0.15, 0.2) is 0 Å². The molecule has 90 valence electrons. The van der Waals surface area contributed by atoms with Crippen LogP contribution in [0, 0.1) is 5.92 Å². The maximum Gasteiger partial charge on any atom is 0.0446 e. The van der Waals surface area contributed by atoms with Crippen LogP contribution in [0.3, 0.4) is 0 Å². The van der Waals surface area contributed by atoms with Gasteiger partial charge in [0.05, 0.1) is 0 Å². The third-order valence-corrected chi connectivity index (χ3v) is 4.46. The SMILES string of the molecule is CCNC(CCO)CSCC1CCCC1. The Morgan fingerprint density at radius 3 is 2.73 bits per heavy atom. The first kappa shape index (κ1) is 13.3. The maximum atomic E-state index is 8.92. The number of nitrogens with one attached hydrogen (secondary N) is 1. The van der Waals surface area contributed by atoms with E-state index in [0.29, 0.717) is 12.6 Å². The third-order valence-electron chi connectivity index (χ3n) is 3.12. The van der Waals surface area contributed by atoms with Crippen LogP contribution in [-0.4, -0.2) is 35.8 Å². The molecule has 0 spiro atoms. The second-order valence-corrected chi connectivity index (χ2v) is 5.53. The van der Waals surface area contributed by atoms with Gasteiger partial charge in [-0.25, -0.2) is 0 Å². The first-order valence-electron chi connectivity index (χ1n) is 6.28. The highest BCUT2D eigenvalue weighted by Gasteiger charge is 2.15. The second-order valence-electron chi connectivity index (χ2n) is 4.45. The summed E-state index contributed by atoms with van der Waals surface area (Å²) in [5.41, 5.74) is 0. The Labute approximate surface area is 98.2 Å². The molecule has 3 heteroatoms. The number of aliphatic hydroxyl groups excluding tert-OH is 1. The fourth-order valence-corrected chi connectivity index (χ4v) is 3.61. The van der Waals surface area contributed by atoms with E-state index in [0.717, 1.165) is 24.6 Å². The van der Waals surface area contributed by atoms with E-state index in [1.165, 1.54) is 31.4 Å². The van der Waals surface area contributed by atoms with Crippen molar-refractivity contribution < 1.29 is 5.11 Å². The van der Waals surface area contributed by atoms with Gasteiger partial charge in [0.1, 0.15) is 0 Å². The van der Waals surface area contributed by atoms with E-state index in [9.17, 15) is 0 Å². The van der Waals surface area contributed by atoms with Crippen LogP contribution < -0.4 is 5.32 Å². The van der Waals surface area contributed by atoms with E-state index < -0.39 is 0 Å². The minimum absolute atomic E-state index is 0.307. The van der Waals surface area contributed by atoms with Gasteiger partial charge in [0.25, 0.3) is 0 Å². The molecule has 1 saturated carbocycles. The average molecular weight is 231 g/mol. The number of hydrogen-bond donors (Lipinski definition) is 2. The molecule has 2 nitrogen and oxygen atoms in total. The molecule has 0 radical (unpaired) electrons. The molecule has 0 saturated heterocycles. The minimum atomic E-state index is 0.307. The molecule has 1 aliphatic rings. The van der Waals surface area contributed by atoms with Crippen molar-refractivity contribution in [3.63, 3.8) is 0 Å². The van der Waals surface area contributed by atoms with Crippen LogP contribution in [0.4, 0.5) is 0 Å². The molecule has 0 aromatic rings. The summed E-state index contributed by atoms with van der Waals surface area (Å²) in [7, 11) is 0. The lowest BCUT2D eigenvalue weighted by Gasteiger charge is -2.17. The van der Waals surface area contributed by atoms with Gasteiger partial charge in [0.2, 0.25) is 0 Å². The fraction of sp³-hybridized carbons (Fsp3) is 1.00. The summed E-state index contributed by atoms with van der Waals surface area (Å²) in [5.74, 6) is 3.46. The van der Waals surface area contributed by atoms with Crippen LogP contribution in [0.2, 0.25) is 0 Å². The Hall–Kier alpha value is 0.270. The topological polar surface area (TPSA) is 32.3 Å². The van der Waals surface area contributed by atoms with E-state index in [-0.39, 0.29) is 0 Å². The van der Waals surface area contributed by atoms with Crippen LogP contribution in [-0.2, 0) is 0 Å². The zero-order valence-corrected chi connectivity index (χ0v) is 10.7. The standard InChI is InChI=1S/C12H25NOS/c1-2-13-12(7-8-14)10-15-9-11-5-3-4-6-11/h11-14H,2-10H2,1H3. The number of rotatable bonds is 8. The third kappa shape index (κ3) is 5.79. The fourth-order valence-electron chi connectivity index (χ4n) is 2.24. The molecular weight excluding hydrogens is 206 g/mol. The lowest BCUT2D eigenvalue weighted by atomic mass is 10.1. The van der Waals surface area contributed by atoms with E-state index in [2.05, 4.69) is 24.0 Å². The molecule has 1 aliphatic carbocycles. The van der Waals surface area contributed by atoms with Gasteiger partial charge in [-0.3, -0.25) is 0 Å². The number of hydrogen-bond acceptors (Lipinski definition) is 3. The summed E-state index contributed by atoms with van der Waals surface area (Å²) in [4.78, 5) is 0. The van der Waals surface area contributed by atoms with Crippen LogP contribution in [0.5, 0.6) is 0 Å². The molecule has 2 N–H and O–H groups in total. The zero-order chi connectivity index (χ0) is 10.9. The van der Waals surface area contributed by atoms with Gasteiger partial charge in [-0.05, 0) is 37.5 Å². The first-order valence-corrected chi connectivity index (χ1v) is 7.44. The largest absolute Gasteiger partial charge is 0.396 e. The molecule has 0 bridgehead atoms. The summed E-state index contributed by atoms with van der Waals surface area (Å²) in [6.45, 7) is 3.45. The van der Waals surface area contributed by atoms with Crippen molar-refractivity contribution in [2.24, 2.45) is 5.92 Å². The van der Waals surface area contributed by atoms with Gasteiger partial charge >= 0.3 is 0 Å². The van der Waals surface area contributed by atoms with Crippen molar-refractivity contribution in [2.75, 3.05) is 24.7 Å². The van der Waals surface area contributed by atoms with Gasteiger partial charge < -0.3 is 10.4 Å². The van der Waals surface area contributed by atoms with Crippen LogP contribution in [0.15, 0.2) is 0 Å². The Morgan fingerprint density at radius 1 is 1.40 bits per heavy atom. The summed E-state index contributed by atoms with van der Waals surface area (Å²) in [5, 5.41) is 12.4. The molecular formula is C12H25NOS. The molecule has 1 fully saturated rings. The normalized spacial score (nSPS) is 19.6. The molecule has 0 amide bonds. The highest BCUT2D eigenvalue weighted by atomic mass is 32.2. The minimum Gasteiger partial charge on any atom is -0.396 e. The van der Waals surface area contributed by atoms with E-state index >= 15 is 0 Å². The summed E-state index contributed by atoms with van der Waals surface area (Å²) < 4.78 is 0. The van der Waals surface area contributed by atoms with Crippen molar-refractivity contribution >= 4 is 11.8 Å². The van der Waals surface area contributed by atoms with Crippen LogP contribution in [0.1, 0.15) is 39.0 Å². The van der Waals surface area contributed by atoms with Crippen molar-refractivity contribution in [1.82, 2.24) is 5.32 Å². The first-order chi connectivity index (χ1) is 7.36. The van der Waals surface area contributed by atoms with Crippen molar-refractivity contribution in [3.8, 4) is 0 Å². The van der Waals surface area contributed by atoms with Gasteiger partial charge in [-0.15, -0.1) is 0 Å². The smallest absolute Gasteiger partial charge is 0.0446 e. The monoisotopic (exact) mass is 231 g/mol. The molecule has 1 atom stereocenters. The quantitative estimate of drug-likeness (QED) is 0.672. The molecule has 1 rings (SSSR count). The van der Waals surface area contributed by atoms with Gasteiger partial charge in [-0.1, -0.05) is 19.8 Å². The molecule has 0 aromatic carbocycles. The van der Waals surface area contributed by atoms with E-state index in [1.54, 1.807) is 0 Å². The van der Waals surface area contributed by atoms with E-state index in [4.69, 9.17) is 5.11 Å². The number of aliphatic hydroxyl groups is 1.